The lowest BCUT2D eigenvalue weighted by Gasteiger charge is -2.43. The fourth-order valence-electron chi connectivity index (χ4n) is 5.10. The van der Waals surface area contributed by atoms with Crippen LogP contribution in [-0.4, -0.2) is 38.7 Å². The van der Waals surface area contributed by atoms with Crippen molar-refractivity contribution in [3.8, 4) is 35.1 Å². The third kappa shape index (κ3) is 3.70. The van der Waals surface area contributed by atoms with Crippen molar-refractivity contribution in [1.29, 1.82) is 10.5 Å². The van der Waals surface area contributed by atoms with Crippen LogP contribution in [0.1, 0.15) is 54.6 Å². The Labute approximate surface area is 209 Å². The number of allylic oxidation sites excluding steroid dienone is 1. The second-order valence-corrected chi connectivity index (χ2v) is 9.24. The highest BCUT2D eigenvalue weighted by atomic mass is 16.5. The number of hydrogen-bond acceptors (Lipinski definition) is 8. The number of methoxy groups -OCH3 is 3. The van der Waals surface area contributed by atoms with Crippen molar-refractivity contribution in [2.45, 2.75) is 38.6 Å². The van der Waals surface area contributed by atoms with E-state index in [1.165, 1.54) is 39.5 Å². The van der Waals surface area contributed by atoms with Gasteiger partial charge in [-0.15, -0.1) is 0 Å². The van der Waals surface area contributed by atoms with Gasteiger partial charge in [0.1, 0.15) is 23.5 Å². The van der Waals surface area contributed by atoms with E-state index in [-0.39, 0.29) is 28.4 Å². The number of amides is 1. The molecular weight excluding hydrogens is 462 g/mol. The summed E-state index contributed by atoms with van der Waals surface area (Å²) in [6.07, 6.45) is 0.650. The molecule has 36 heavy (non-hydrogen) atoms. The van der Waals surface area contributed by atoms with Crippen molar-refractivity contribution in [2.75, 3.05) is 26.2 Å². The summed E-state index contributed by atoms with van der Waals surface area (Å²) in [5, 5.41) is 19.1. The lowest BCUT2D eigenvalue weighted by atomic mass is 9.80. The maximum atomic E-state index is 13.4. The number of anilines is 1. The minimum atomic E-state index is -0.683. The third-order valence-corrected chi connectivity index (χ3v) is 6.55. The zero-order valence-electron chi connectivity index (χ0n) is 20.9. The van der Waals surface area contributed by atoms with E-state index < -0.39 is 17.4 Å². The van der Waals surface area contributed by atoms with Gasteiger partial charge in [-0.1, -0.05) is 6.92 Å². The molecule has 2 heterocycles. The van der Waals surface area contributed by atoms with Gasteiger partial charge < -0.3 is 23.8 Å². The summed E-state index contributed by atoms with van der Waals surface area (Å²) in [5.74, 6) is 0.0580. The number of nitrogens with zero attached hydrogens (tertiary/aromatic N) is 3. The van der Waals surface area contributed by atoms with E-state index in [1.54, 1.807) is 11.0 Å². The predicted molar refractivity (Wildman–Crippen MR) is 130 cm³/mol. The Morgan fingerprint density at radius 1 is 1.03 bits per heavy atom. The molecule has 0 unspecified atom stereocenters. The van der Waals surface area contributed by atoms with Crippen LogP contribution in [0.2, 0.25) is 0 Å². The van der Waals surface area contributed by atoms with Crippen molar-refractivity contribution < 1.29 is 28.5 Å². The van der Waals surface area contributed by atoms with Crippen molar-refractivity contribution in [2.24, 2.45) is 0 Å². The highest BCUT2D eigenvalue weighted by Crippen LogP contribution is 2.53. The van der Waals surface area contributed by atoms with E-state index in [2.05, 4.69) is 0 Å². The first-order valence-electron chi connectivity index (χ1n) is 11.2. The van der Waals surface area contributed by atoms with Crippen LogP contribution in [0, 0.1) is 22.7 Å². The topological polar surface area (TPSA) is 122 Å². The highest BCUT2D eigenvalue weighted by molar-refractivity contribution is 6.35. The number of esters is 1. The molecule has 1 amide bonds. The van der Waals surface area contributed by atoms with Gasteiger partial charge in [0.15, 0.2) is 11.5 Å². The monoisotopic (exact) mass is 487 g/mol. The van der Waals surface area contributed by atoms with Crippen LogP contribution in [0.3, 0.4) is 0 Å². The quantitative estimate of drug-likeness (QED) is 0.264. The van der Waals surface area contributed by atoms with Gasteiger partial charge in [-0.3, -0.25) is 4.79 Å². The van der Waals surface area contributed by atoms with Crippen LogP contribution in [0.5, 0.6) is 23.0 Å². The summed E-state index contributed by atoms with van der Waals surface area (Å²) >= 11 is 0. The predicted octanol–water partition coefficient (Wildman–Crippen LogP) is 4.36. The summed E-state index contributed by atoms with van der Waals surface area (Å²) in [7, 11) is 4.35. The van der Waals surface area contributed by atoms with Crippen molar-refractivity contribution >= 4 is 23.1 Å². The Morgan fingerprint density at radius 3 is 2.17 bits per heavy atom. The molecule has 4 rings (SSSR count). The largest absolute Gasteiger partial charge is 0.493 e. The molecule has 0 fully saturated rings. The SMILES string of the molecule is COc1cc(C(=O)Oc2cc3c4c(c2)[C@H](C)CC(C)(C)N4C(=O)C3=C(C#N)C#N)cc(OC)c1OC. The third-order valence-electron chi connectivity index (χ3n) is 6.55. The van der Waals surface area contributed by atoms with Crippen LogP contribution >= 0.6 is 0 Å². The number of carbonyl (C=O) groups is 2. The molecule has 0 aromatic heterocycles. The molecule has 9 nitrogen and oxygen atoms in total. The molecule has 2 aliphatic heterocycles. The molecule has 0 N–H and O–H groups in total. The van der Waals surface area contributed by atoms with Crippen LogP contribution in [0.4, 0.5) is 5.69 Å². The number of benzene rings is 2. The molecule has 0 radical (unpaired) electrons. The Bertz CT molecular complexity index is 1370. The molecule has 2 aromatic carbocycles. The van der Waals surface area contributed by atoms with Crippen molar-refractivity contribution in [1.82, 2.24) is 0 Å². The van der Waals surface area contributed by atoms with Crippen LogP contribution in [0.15, 0.2) is 29.8 Å². The summed E-state index contributed by atoms with van der Waals surface area (Å²) in [6, 6.07) is 9.89. The van der Waals surface area contributed by atoms with Crippen LogP contribution < -0.4 is 23.8 Å². The maximum absolute atomic E-state index is 13.4. The zero-order chi connectivity index (χ0) is 26.4. The van der Waals surface area contributed by atoms with E-state index in [0.717, 1.165) is 5.56 Å². The molecule has 9 heteroatoms. The molecular formula is C27H25N3O6. The van der Waals surface area contributed by atoms with E-state index in [0.29, 0.717) is 34.9 Å². The van der Waals surface area contributed by atoms with Crippen LogP contribution in [-0.2, 0) is 4.79 Å². The Hall–Kier alpha value is -4.50. The molecule has 0 saturated carbocycles. The number of nitriles is 2. The number of rotatable bonds is 5. The standard InChI is InChI=1S/C27H25N3O6/c1-14-11-27(2,3)30-23-18(14)9-17(10-19(23)22(25(30)31)16(12-28)13-29)36-26(32)15-7-20(33-4)24(35-6)21(8-15)34-5/h7-10,14H,11H2,1-6H3/t14-/m1/s1. The first-order valence-corrected chi connectivity index (χ1v) is 11.2. The van der Waals surface area contributed by atoms with Gasteiger partial charge in [0, 0.05) is 11.1 Å². The normalized spacial score (nSPS) is 17.0. The number of carbonyl (C=O) groups excluding carboxylic acids is 2. The molecule has 0 bridgehead atoms. The average Bonchev–Trinajstić information content (AvgIpc) is 3.15. The smallest absolute Gasteiger partial charge is 0.343 e. The van der Waals surface area contributed by atoms with Gasteiger partial charge in [0.05, 0.1) is 38.2 Å². The number of hydrogen-bond donors (Lipinski definition) is 0. The van der Waals surface area contributed by atoms with Crippen LogP contribution in [0.25, 0.3) is 5.57 Å². The Kier molecular flexibility index (Phi) is 6.11. The second kappa shape index (κ2) is 8.94. The zero-order valence-corrected chi connectivity index (χ0v) is 20.9. The van der Waals surface area contributed by atoms with E-state index >= 15 is 0 Å². The highest BCUT2D eigenvalue weighted by Gasteiger charge is 2.48. The average molecular weight is 488 g/mol. The maximum Gasteiger partial charge on any atom is 0.343 e. The summed E-state index contributed by atoms with van der Waals surface area (Å²) in [6.45, 7) is 5.93. The first kappa shape index (κ1) is 24.6. The van der Waals surface area contributed by atoms with Crippen molar-refractivity contribution in [3.05, 3.63) is 46.5 Å². The summed E-state index contributed by atoms with van der Waals surface area (Å²) in [4.78, 5) is 28.2. The molecule has 184 valence electrons. The molecule has 2 aliphatic rings. The Balaban J connectivity index is 1.85. The lowest BCUT2D eigenvalue weighted by Crippen LogP contribution is -2.49. The summed E-state index contributed by atoms with van der Waals surface area (Å²) < 4.78 is 21.7. The molecule has 0 spiro atoms. The van der Waals surface area contributed by atoms with E-state index in [9.17, 15) is 20.1 Å². The fourth-order valence-corrected chi connectivity index (χ4v) is 5.10. The van der Waals surface area contributed by atoms with Gasteiger partial charge >= 0.3 is 5.97 Å². The van der Waals surface area contributed by atoms with Gasteiger partial charge in [-0.2, -0.15) is 10.5 Å². The Morgan fingerprint density at radius 2 is 1.64 bits per heavy atom. The van der Waals surface area contributed by atoms with Gasteiger partial charge in [0.2, 0.25) is 5.75 Å². The summed E-state index contributed by atoms with van der Waals surface area (Å²) in [5.41, 5.74) is 1.23. The molecule has 2 aromatic rings. The second-order valence-electron chi connectivity index (χ2n) is 9.24. The minimum absolute atomic E-state index is 0.0177. The van der Waals surface area contributed by atoms with Crippen molar-refractivity contribution in [3.63, 3.8) is 0 Å². The van der Waals surface area contributed by atoms with Gasteiger partial charge in [-0.05, 0) is 56.0 Å². The lowest BCUT2D eigenvalue weighted by molar-refractivity contribution is -0.114. The molecule has 0 saturated heterocycles. The molecule has 0 aliphatic carbocycles. The van der Waals surface area contributed by atoms with E-state index in [1.807, 2.05) is 32.9 Å². The first-order chi connectivity index (χ1) is 17.1. The van der Waals surface area contributed by atoms with Gasteiger partial charge in [0.25, 0.3) is 5.91 Å². The number of ether oxygens (including phenoxy) is 4. The van der Waals surface area contributed by atoms with Gasteiger partial charge in [-0.25, -0.2) is 4.79 Å². The molecule has 1 atom stereocenters. The van der Waals surface area contributed by atoms with E-state index in [4.69, 9.17) is 18.9 Å². The minimum Gasteiger partial charge on any atom is -0.493 e. The fraction of sp³-hybridized carbons (Fsp3) is 0.333.